The highest BCUT2D eigenvalue weighted by Gasteiger charge is 2.48. The molecule has 1 atom stereocenters. The molecule has 6 rings (SSSR count). The minimum atomic E-state index is -1.27. The van der Waals surface area contributed by atoms with Gasteiger partial charge in [0.25, 0.3) is 12.0 Å². The molecule has 0 aliphatic carbocycles. The molecule has 7 nitrogen and oxygen atoms in total. The fourth-order valence-electron chi connectivity index (χ4n) is 4.25. The molecule has 34 heavy (non-hydrogen) atoms. The van der Waals surface area contributed by atoms with Crippen molar-refractivity contribution in [1.29, 1.82) is 0 Å². The van der Waals surface area contributed by atoms with Crippen LogP contribution in [-0.2, 0) is 10.3 Å². The minimum absolute atomic E-state index is 0.0360. The number of hydrogen-bond donors (Lipinski definition) is 1. The van der Waals surface area contributed by atoms with Crippen molar-refractivity contribution in [2.24, 2.45) is 10.7 Å². The molecule has 2 N–H and O–H groups in total. The maximum atomic E-state index is 15.2. The predicted octanol–water partition coefficient (Wildman–Crippen LogP) is 4.32. The number of halogens is 3. The molecule has 0 amide bonds. The van der Waals surface area contributed by atoms with Gasteiger partial charge in [0.15, 0.2) is 11.3 Å². The maximum absolute atomic E-state index is 15.2. The molecule has 0 bridgehead atoms. The van der Waals surface area contributed by atoms with Crippen molar-refractivity contribution in [1.82, 2.24) is 15.0 Å². The lowest BCUT2D eigenvalue weighted by atomic mass is 9.80. The van der Waals surface area contributed by atoms with Gasteiger partial charge in [-0.25, -0.2) is 19.9 Å². The average molecular weight is 461 g/mol. The topological polar surface area (TPSA) is 95.5 Å². The molecule has 2 aliphatic heterocycles. The van der Waals surface area contributed by atoms with Crippen LogP contribution in [-0.4, -0.2) is 27.6 Å². The Kier molecular flexibility index (Phi) is 4.31. The Hall–Kier alpha value is -4.47. The molecule has 0 saturated heterocycles. The van der Waals surface area contributed by atoms with Gasteiger partial charge in [0.05, 0.1) is 5.69 Å². The Bertz CT molecular complexity index is 1490. The van der Waals surface area contributed by atoms with Gasteiger partial charge in [0.2, 0.25) is 11.9 Å². The molecule has 0 fully saturated rings. The molecule has 0 unspecified atom stereocenters. The Morgan fingerprint density at radius 1 is 0.912 bits per heavy atom. The van der Waals surface area contributed by atoms with E-state index in [1.54, 1.807) is 36.4 Å². The fraction of sp³-hybridized carbons (Fsp3) is 0.0833. The lowest BCUT2D eigenvalue weighted by molar-refractivity contribution is 0.261. The number of ether oxygens (including phenoxy) is 2. The fourth-order valence-corrected chi connectivity index (χ4v) is 4.25. The molecule has 10 heteroatoms. The molecular weight excluding hydrogens is 447 g/mol. The molecule has 1 aromatic carbocycles. The molecule has 0 saturated carbocycles. The first-order chi connectivity index (χ1) is 16.4. The maximum Gasteiger partial charge on any atom is 0.283 e. The number of pyridine rings is 3. The van der Waals surface area contributed by atoms with E-state index in [0.29, 0.717) is 28.0 Å². The largest absolute Gasteiger partial charge is 0.462 e. The van der Waals surface area contributed by atoms with Crippen LogP contribution in [0.15, 0.2) is 65.9 Å². The first-order valence-corrected chi connectivity index (χ1v) is 10.2. The van der Waals surface area contributed by atoms with E-state index in [0.717, 1.165) is 6.07 Å². The second kappa shape index (κ2) is 7.27. The molecule has 0 radical (unpaired) electrons. The van der Waals surface area contributed by atoms with Crippen molar-refractivity contribution in [3.05, 3.63) is 89.9 Å². The molecule has 2 aliphatic rings. The van der Waals surface area contributed by atoms with Crippen molar-refractivity contribution < 1.29 is 22.6 Å². The molecule has 4 aromatic rings. The van der Waals surface area contributed by atoms with Gasteiger partial charge < -0.3 is 15.2 Å². The van der Waals surface area contributed by atoms with Crippen LogP contribution in [0, 0.1) is 17.8 Å². The van der Waals surface area contributed by atoms with Gasteiger partial charge in [-0.15, -0.1) is 0 Å². The summed E-state index contributed by atoms with van der Waals surface area (Å²) in [6.45, 7) is -0.0360. The van der Waals surface area contributed by atoms with E-state index in [4.69, 9.17) is 15.2 Å². The second-order valence-electron chi connectivity index (χ2n) is 7.80. The minimum Gasteiger partial charge on any atom is -0.462 e. The van der Waals surface area contributed by atoms with Gasteiger partial charge in [-0.3, -0.25) is 0 Å². The van der Waals surface area contributed by atoms with E-state index in [-0.39, 0.29) is 29.6 Å². The van der Waals surface area contributed by atoms with E-state index >= 15 is 4.39 Å². The summed E-state index contributed by atoms with van der Waals surface area (Å²) in [6, 6.07) is 12.2. The zero-order chi connectivity index (χ0) is 23.4. The number of aliphatic imine (C=N–C) groups is 1. The van der Waals surface area contributed by atoms with Gasteiger partial charge in [-0.1, -0.05) is 6.07 Å². The zero-order valence-corrected chi connectivity index (χ0v) is 17.3. The van der Waals surface area contributed by atoms with Gasteiger partial charge in [-0.2, -0.15) is 13.2 Å². The first kappa shape index (κ1) is 20.2. The summed E-state index contributed by atoms with van der Waals surface area (Å²) < 4.78 is 54.3. The highest BCUT2D eigenvalue weighted by atomic mass is 19.1. The summed E-state index contributed by atoms with van der Waals surface area (Å²) in [4.78, 5) is 15.8. The van der Waals surface area contributed by atoms with Crippen LogP contribution in [0.2, 0.25) is 0 Å². The third kappa shape index (κ3) is 2.99. The Labute approximate surface area is 190 Å². The summed E-state index contributed by atoms with van der Waals surface area (Å²) in [6.07, 6.45) is 2.61. The normalized spacial score (nSPS) is 18.0. The van der Waals surface area contributed by atoms with E-state index in [2.05, 4.69) is 19.9 Å². The first-order valence-electron chi connectivity index (χ1n) is 10.2. The number of nitrogens with two attached hydrogens (primary N) is 1. The highest BCUT2D eigenvalue weighted by Crippen LogP contribution is 2.52. The van der Waals surface area contributed by atoms with Gasteiger partial charge in [0, 0.05) is 34.6 Å². The summed E-state index contributed by atoms with van der Waals surface area (Å²) in [5.74, 6) is -2.02. The van der Waals surface area contributed by atoms with Crippen LogP contribution in [0.5, 0.6) is 11.5 Å². The van der Waals surface area contributed by atoms with Crippen molar-refractivity contribution >= 4 is 6.02 Å². The molecule has 1 spiro atoms. The van der Waals surface area contributed by atoms with Crippen molar-refractivity contribution in [3.63, 3.8) is 0 Å². The number of nitrogens with zero attached hydrogens (tertiary/aromatic N) is 4. The quantitative estimate of drug-likeness (QED) is 0.447. The third-order valence-corrected chi connectivity index (χ3v) is 5.84. The van der Waals surface area contributed by atoms with Crippen LogP contribution < -0.4 is 10.5 Å². The Morgan fingerprint density at radius 3 is 2.50 bits per heavy atom. The van der Waals surface area contributed by atoms with E-state index in [9.17, 15) is 8.78 Å². The predicted molar refractivity (Wildman–Crippen MR) is 115 cm³/mol. The zero-order valence-electron chi connectivity index (χ0n) is 17.3. The van der Waals surface area contributed by atoms with Gasteiger partial charge in [-0.05, 0) is 48.0 Å². The Morgan fingerprint density at radius 2 is 1.76 bits per heavy atom. The summed E-state index contributed by atoms with van der Waals surface area (Å²) in [5, 5.41) is 0. The number of aromatic nitrogens is 3. The summed E-state index contributed by atoms with van der Waals surface area (Å²) in [7, 11) is 0. The molecule has 5 heterocycles. The second-order valence-corrected chi connectivity index (χ2v) is 7.80. The van der Waals surface area contributed by atoms with Crippen molar-refractivity contribution in [2.45, 2.75) is 5.54 Å². The number of hydrogen-bond acceptors (Lipinski definition) is 7. The molecular formula is C24H14F3N5O2. The van der Waals surface area contributed by atoms with Crippen LogP contribution in [0.4, 0.5) is 13.2 Å². The van der Waals surface area contributed by atoms with Crippen LogP contribution in [0.3, 0.4) is 0 Å². The standard InChI is InChI=1S/C24H14F3N5O2/c25-19-6-4-13(10-30-19)17-9-16-20(22(27)31-17)34-18-5-3-12(14-2-1-7-29-21(14)26)8-15(18)24(16)11-33-23(28)32-24/h1-10H,11H2,(H2,28,32)/t24-/m0/s1. The smallest absolute Gasteiger partial charge is 0.283 e. The lowest BCUT2D eigenvalue weighted by Gasteiger charge is -2.33. The molecule has 168 valence electrons. The number of amidine groups is 1. The van der Waals surface area contributed by atoms with Crippen LogP contribution in [0.25, 0.3) is 22.4 Å². The van der Waals surface area contributed by atoms with Crippen molar-refractivity contribution in [2.75, 3.05) is 6.61 Å². The summed E-state index contributed by atoms with van der Waals surface area (Å²) >= 11 is 0. The van der Waals surface area contributed by atoms with Gasteiger partial charge >= 0.3 is 0 Å². The molecule has 3 aromatic heterocycles. The number of benzene rings is 1. The number of rotatable bonds is 2. The number of fused-ring (bicyclic) bond motifs is 4. The van der Waals surface area contributed by atoms with Crippen LogP contribution in [0.1, 0.15) is 11.1 Å². The highest BCUT2D eigenvalue weighted by molar-refractivity contribution is 5.78. The Balaban J connectivity index is 1.58. The van der Waals surface area contributed by atoms with Crippen LogP contribution >= 0.6 is 0 Å². The lowest BCUT2D eigenvalue weighted by Crippen LogP contribution is -2.32. The SMILES string of the molecule is NC1=N[C@@]2(CO1)c1cc(-c3cccnc3F)ccc1Oc1c2cc(-c2ccc(F)nc2)nc1F. The third-order valence-electron chi connectivity index (χ3n) is 5.84. The van der Waals surface area contributed by atoms with Crippen molar-refractivity contribution in [3.8, 4) is 33.9 Å². The van der Waals surface area contributed by atoms with E-state index in [1.165, 1.54) is 18.5 Å². The van der Waals surface area contributed by atoms with E-state index in [1.807, 2.05) is 0 Å². The average Bonchev–Trinajstić information content (AvgIpc) is 3.23. The monoisotopic (exact) mass is 461 g/mol. The summed E-state index contributed by atoms with van der Waals surface area (Å²) in [5.41, 5.74) is 6.84. The van der Waals surface area contributed by atoms with E-state index < -0.39 is 23.4 Å². The van der Waals surface area contributed by atoms with Gasteiger partial charge in [0.1, 0.15) is 12.4 Å².